The van der Waals surface area contributed by atoms with Gasteiger partial charge in [0.05, 0.1) is 24.3 Å². The van der Waals surface area contributed by atoms with Crippen LogP contribution in [0.15, 0.2) is 72.8 Å². The van der Waals surface area contributed by atoms with Gasteiger partial charge in [0, 0.05) is 6.54 Å². The molecule has 6 N–H and O–H groups in total. The average molecular weight is 785 g/mol. The highest BCUT2D eigenvalue weighted by Crippen LogP contribution is 2.27. The first-order valence-electron chi connectivity index (χ1n) is 20.2. The fraction of sp³-hybridized carbons (Fsp3) is 0.500. The SMILES string of the molecule is O=C(O)C(Cc1cccc(COC(=O)N(CCOc2cccc(CC(C(=O)O)C3CCNC3)c2)Cc2cccc(CC(C(=O)O)C3CCNC3)c2)c1)C1CCNC1. The van der Waals surface area contributed by atoms with E-state index in [1.165, 1.54) is 0 Å². The van der Waals surface area contributed by atoms with Crippen molar-refractivity contribution in [1.29, 1.82) is 0 Å². The lowest BCUT2D eigenvalue weighted by Crippen LogP contribution is -2.34. The van der Waals surface area contributed by atoms with Gasteiger partial charge in [-0.15, -0.1) is 0 Å². The Labute approximate surface area is 334 Å². The molecule has 57 heavy (non-hydrogen) atoms. The zero-order valence-electron chi connectivity index (χ0n) is 32.4. The van der Waals surface area contributed by atoms with Gasteiger partial charge in [0.15, 0.2) is 0 Å². The maximum Gasteiger partial charge on any atom is 0.410 e. The topological polar surface area (TPSA) is 187 Å². The quantitative estimate of drug-likeness (QED) is 0.0947. The molecule has 0 radical (unpaired) electrons. The number of aliphatic carboxylic acids is 3. The molecule has 1 amide bonds. The van der Waals surface area contributed by atoms with E-state index in [4.69, 9.17) is 9.47 Å². The van der Waals surface area contributed by atoms with Crippen molar-refractivity contribution in [2.24, 2.45) is 35.5 Å². The third kappa shape index (κ3) is 12.0. The van der Waals surface area contributed by atoms with Crippen molar-refractivity contribution in [3.05, 3.63) is 101 Å². The van der Waals surface area contributed by atoms with E-state index < -0.39 is 41.8 Å². The number of nitrogens with zero attached hydrogens (tertiary/aromatic N) is 1. The molecule has 3 saturated heterocycles. The zero-order valence-corrected chi connectivity index (χ0v) is 32.4. The minimum absolute atomic E-state index is 0.00812. The standard InChI is InChI=1S/C44H56N4O9/c49-41(50)38(34-10-13-45-24-34)21-29-4-1-7-32(18-29)27-48(16-17-56-37-9-3-6-31(20-37)23-40(43(53)54)36-12-15-47-26-36)44(55)57-28-33-8-2-5-30(19-33)22-39(42(51)52)35-11-14-46-25-35/h1-9,18-20,34-36,38-40,45-47H,10-17,21-28H2,(H,49,50)(H,51,52)(H,53,54). The largest absolute Gasteiger partial charge is 0.492 e. The number of rotatable bonds is 20. The number of carbonyl (C=O) groups is 4. The van der Waals surface area contributed by atoms with Crippen LogP contribution in [0.5, 0.6) is 5.75 Å². The molecule has 6 atom stereocenters. The van der Waals surface area contributed by atoms with Gasteiger partial charge >= 0.3 is 24.0 Å². The molecule has 0 spiro atoms. The maximum atomic E-state index is 13.8. The summed E-state index contributed by atoms with van der Waals surface area (Å²) in [6.07, 6.45) is 3.08. The Hall–Kier alpha value is -4.98. The lowest BCUT2D eigenvalue weighted by atomic mass is 9.86. The van der Waals surface area contributed by atoms with Crippen LogP contribution in [-0.2, 0) is 51.5 Å². The molecule has 3 aliphatic heterocycles. The van der Waals surface area contributed by atoms with Gasteiger partial charge in [0.2, 0.25) is 0 Å². The van der Waals surface area contributed by atoms with E-state index in [9.17, 15) is 34.5 Å². The summed E-state index contributed by atoms with van der Waals surface area (Å²) in [5.41, 5.74) is 4.19. The van der Waals surface area contributed by atoms with Crippen molar-refractivity contribution in [1.82, 2.24) is 20.9 Å². The van der Waals surface area contributed by atoms with E-state index in [1.54, 1.807) is 4.90 Å². The number of amides is 1. The van der Waals surface area contributed by atoms with Crippen molar-refractivity contribution >= 4 is 24.0 Å². The van der Waals surface area contributed by atoms with E-state index >= 15 is 0 Å². The molecule has 3 aromatic carbocycles. The molecule has 0 aliphatic carbocycles. The molecule has 3 heterocycles. The molecule has 3 aromatic rings. The maximum absolute atomic E-state index is 13.8. The molecule has 6 unspecified atom stereocenters. The van der Waals surface area contributed by atoms with E-state index in [0.29, 0.717) is 44.6 Å². The van der Waals surface area contributed by atoms with Gasteiger partial charge in [-0.25, -0.2) is 4.79 Å². The summed E-state index contributed by atoms with van der Waals surface area (Å²) in [6, 6.07) is 22.6. The van der Waals surface area contributed by atoms with Crippen LogP contribution in [0.25, 0.3) is 0 Å². The highest BCUT2D eigenvalue weighted by molar-refractivity contribution is 5.72. The lowest BCUT2D eigenvalue weighted by Gasteiger charge is -2.24. The Kier molecular flexibility index (Phi) is 14.9. The van der Waals surface area contributed by atoms with Crippen LogP contribution in [0.4, 0.5) is 4.79 Å². The lowest BCUT2D eigenvalue weighted by molar-refractivity contribution is -0.144. The molecular formula is C44H56N4O9. The highest BCUT2D eigenvalue weighted by atomic mass is 16.6. The van der Waals surface area contributed by atoms with Gasteiger partial charge in [-0.3, -0.25) is 14.4 Å². The summed E-state index contributed by atoms with van der Waals surface area (Å²) in [5, 5.41) is 39.7. The third-order valence-corrected chi connectivity index (χ3v) is 11.8. The van der Waals surface area contributed by atoms with Gasteiger partial charge in [-0.1, -0.05) is 60.7 Å². The summed E-state index contributed by atoms with van der Waals surface area (Å²) in [6.45, 7) is 5.01. The van der Waals surface area contributed by atoms with E-state index in [1.807, 2.05) is 72.8 Å². The van der Waals surface area contributed by atoms with Crippen LogP contribution in [0, 0.1) is 35.5 Å². The number of hydrogen-bond acceptors (Lipinski definition) is 9. The smallest absolute Gasteiger partial charge is 0.410 e. The van der Waals surface area contributed by atoms with Crippen molar-refractivity contribution in [2.75, 3.05) is 52.4 Å². The van der Waals surface area contributed by atoms with Crippen molar-refractivity contribution in [3.8, 4) is 5.75 Å². The van der Waals surface area contributed by atoms with E-state index in [0.717, 1.165) is 66.7 Å². The summed E-state index contributed by atoms with van der Waals surface area (Å²) < 4.78 is 12.0. The molecular weight excluding hydrogens is 729 g/mol. The molecule has 6 rings (SSSR count). The Morgan fingerprint density at radius 2 is 1.05 bits per heavy atom. The van der Waals surface area contributed by atoms with Gasteiger partial charge in [-0.05, 0) is 135 Å². The van der Waals surface area contributed by atoms with Crippen LogP contribution < -0.4 is 20.7 Å². The van der Waals surface area contributed by atoms with Gasteiger partial charge < -0.3 is 45.6 Å². The molecule has 0 bridgehead atoms. The number of ether oxygens (including phenoxy) is 2. The molecule has 3 fully saturated rings. The predicted molar refractivity (Wildman–Crippen MR) is 213 cm³/mol. The minimum Gasteiger partial charge on any atom is -0.492 e. The van der Waals surface area contributed by atoms with Crippen LogP contribution in [0.1, 0.15) is 47.1 Å². The fourth-order valence-electron chi connectivity index (χ4n) is 8.62. The molecule has 306 valence electrons. The minimum atomic E-state index is -0.812. The van der Waals surface area contributed by atoms with E-state index in [2.05, 4.69) is 16.0 Å². The molecule has 13 heteroatoms. The molecule has 0 aromatic heterocycles. The Bertz CT molecular complexity index is 1820. The number of carbonyl (C=O) groups excluding carboxylic acids is 1. The molecule has 3 aliphatic rings. The fourth-order valence-corrected chi connectivity index (χ4v) is 8.62. The number of carboxylic acids is 3. The third-order valence-electron chi connectivity index (χ3n) is 11.8. The number of benzene rings is 3. The summed E-state index contributed by atoms with van der Waals surface area (Å²) in [7, 11) is 0. The second kappa shape index (κ2) is 20.4. The zero-order chi connectivity index (χ0) is 40.1. The summed E-state index contributed by atoms with van der Waals surface area (Å²) >= 11 is 0. The molecule has 0 saturated carbocycles. The van der Waals surface area contributed by atoms with Crippen LogP contribution in [-0.4, -0.2) is 96.6 Å². The first-order chi connectivity index (χ1) is 27.6. The van der Waals surface area contributed by atoms with Crippen LogP contribution >= 0.6 is 0 Å². The number of carboxylic acid groups (broad SMARTS) is 3. The van der Waals surface area contributed by atoms with Crippen molar-refractivity contribution in [3.63, 3.8) is 0 Å². The Balaban J connectivity index is 1.12. The van der Waals surface area contributed by atoms with E-state index in [-0.39, 0.29) is 44.1 Å². The second-order valence-electron chi connectivity index (χ2n) is 15.8. The molecule has 13 nitrogen and oxygen atoms in total. The van der Waals surface area contributed by atoms with Gasteiger partial charge in [0.25, 0.3) is 0 Å². The summed E-state index contributed by atoms with van der Waals surface area (Å²) in [5.74, 6) is -3.20. The first-order valence-corrected chi connectivity index (χ1v) is 20.2. The Morgan fingerprint density at radius 1 is 0.614 bits per heavy atom. The van der Waals surface area contributed by atoms with Gasteiger partial charge in [-0.2, -0.15) is 0 Å². The number of nitrogens with one attached hydrogen (secondary N) is 3. The van der Waals surface area contributed by atoms with Crippen LogP contribution in [0.2, 0.25) is 0 Å². The normalized spacial score (nSPS) is 20.7. The van der Waals surface area contributed by atoms with Gasteiger partial charge in [0.1, 0.15) is 19.0 Å². The Morgan fingerprint density at radius 3 is 1.53 bits per heavy atom. The summed E-state index contributed by atoms with van der Waals surface area (Å²) in [4.78, 5) is 51.8. The average Bonchev–Trinajstić information content (AvgIpc) is 4.03. The van der Waals surface area contributed by atoms with Crippen molar-refractivity contribution in [2.45, 2.75) is 51.7 Å². The highest BCUT2D eigenvalue weighted by Gasteiger charge is 2.33. The predicted octanol–water partition coefficient (Wildman–Crippen LogP) is 4.46. The first kappa shape index (κ1) is 41.6. The van der Waals surface area contributed by atoms with Crippen LogP contribution in [0.3, 0.4) is 0 Å². The monoisotopic (exact) mass is 784 g/mol. The second-order valence-corrected chi connectivity index (χ2v) is 15.8. The van der Waals surface area contributed by atoms with Crippen molar-refractivity contribution < 1.29 is 44.0 Å². The number of hydrogen-bond donors (Lipinski definition) is 6.